The van der Waals surface area contributed by atoms with Gasteiger partial charge in [-0.1, -0.05) is 86.6 Å². The molecule has 5 nitrogen and oxygen atoms in total. The largest absolute Gasteiger partial charge is 0.350 e. The lowest BCUT2D eigenvalue weighted by Gasteiger charge is -2.61. The number of piperidine rings is 2. The Bertz CT molecular complexity index is 1290. The fourth-order valence-electron chi connectivity index (χ4n) is 7.76. The Morgan fingerprint density at radius 3 is 2.60 bits per heavy atom. The number of nitrogens with zero attached hydrogens (tertiary/aromatic N) is 1. The Morgan fingerprint density at radius 1 is 1.06 bits per heavy atom. The van der Waals surface area contributed by atoms with Crippen molar-refractivity contribution in [2.75, 3.05) is 6.54 Å². The summed E-state index contributed by atoms with van der Waals surface area (Å²) in [7, 11) is 0. The first-order valence-electron chi connectivity index (χ1n) is 12.9. The Labute approximate surface area is 206 Å². The Morgan fingerprint density at radius 2 is 1.80 bits per heavy atom. The van der Waals surface area contributed by atoms with Crippen LogP contribution in [0.3, 0.4) is 0 Å². The number of hydrogen-bond donors (Lipinski definition) is 2. The summed E-state index contributed by atoms with van der Waals surface area (Å²) < 4.78 is 0. The number of likely N-dealkylation sites (tertiary alicyclic amines) is 1. The van der Waals surface area contributed by atoms with E-state index in [9.17, 15) is 9.59 Å². The third kappa shape index (κ3) is 3.04. The minimum Gasteiger partial charge on any atom is -0.350 e. The van der Waals surface area contributed by atoms with Crippen molar-refractivity contribution >= 4 is 22.6 Å². The number of fused-ring (bicyclic) bond motifs is 2. The molecule has 0 radical (unpaired) electrons. The number of nitrogens with one attached hydrogen (secondary N) is 2. The second-order valence-corrected chi connectivity index (χ2v) is 10.6. The van der Waals surface area contributed by atoms with Crippen molar-refractivity contribution in [1.29, 1.82) is 0 Å². The maximum absolute atomic E-state index is 14.1. The molecular weight excluding hydrogens is 434 g/mol. The molecule has 0 unspecified atom stereocenters. The predicted octanol–water partition coefficient (Wildman–Crippen LogP) is 4.26. The van der Waals surface area contributed by atoms with E-state index in [4.69, 9.17) is 0 Å². The summed E-state index contributed by atoms with van der Waals surface area (Å²) in [5.41, 5.74) is 1.00. The van der Waals surface area contributed by atoms with Gasteiger partial charge in [-0.05, 0) is 40.7 Å². The summed E-state index contributed by atoms with van der Waals surface area (Å²) >= 11 is 0. The number of carbonyl (C=O) groups excluding carboxylic acids is 2. The minimum absolute atomic E-state index is 0.0352. The van der Waals surface area contributed by atoms with Crippen LogP contribution in [0.15, 0.2) is 72.8 Å². The molecule has 3 heterocycles. The summed E-state index contributed by atoms with van der Waals surface area (Å²) in [5.74, 6) is 0.164. The summed E-state index contributed by atoms with van der Waals surface area (Å²) in [5, 5.41) is 9.02. The van der Waals surface area contributed by atoms with Crippen LogP contribution in [-0.4, -0.2) is 34.3 Å². The van der Waals surface area contributed by atoms with Gasteiger partial charge in [0.25, 0.3) is 0 Å². The summed E-state index contributed by atoms with van der Waals surface area (Å²) in [6.45, 7) is 6.44. The highest BCUT2D eigenvalue weighted by atomic mass is 16.2. The molecule has 5 heteroatoms. The molecule has 180 valence electrons. The molecule has 2 amide bonds. The van der Waals surface area contributed by atoms with Gasteiger partial charge in [0.05, 0.1) is 5.54 Å². The summed E-state index contributed by atoms with van der Waals surface area (Å²) in [4.78, 5) is 29.8. The van der Waals surface area contributed by atoms with Crippen LogP contribution in [0.5, 0.6) is 0 Å². The zero-order chi connectivity index (χ0) is 24.2. The lowest BCUT2D eigenvalue weighted by atomic mass is 9.51. The van der Waals surface area contributed by atoms with Crippen molar-refractivity contribution in [1.82, 2.24) is 15.5 Å². The van der Waals surface area contributed by atoms with Gasteiger partial charge in [-0.15, -0.1) is 0 Å². The molecule has 3 aromatic carbocycles. The monoisotopic (exact) mass is 467 g/mol. The molecule has 5 atom stereocenters. The average Bonchev–Trinajstić information content (AvgIpc) is 3.10. The van der Waals surface area contributed by atoms with E-state index in [-0.39, 0.29) is 29.6 Å². The van der Waals surface area contributed by atoms with Crippen molar-refractivity contribution in [2.24, 2.45) is 17.8 Å². The highest BCUT2D eigenvalue weighted by molar-refractivity contribution is 5.98. The first-order chi connectivity index (χ1) is 17.0. The van der Waals surface area contributed by atoms with Crippen LogP contribution in [0.4, 0.5) is 0 Å². The lowest BCUT2D eigenvalue weighted by molar-refractivity contribution is -0.165. The van der Waals surface area contributed by atoms with Gasteiger partial charge in [0.15, 0.2) is 0 Å². The van der Waals surface area contributed by atoms with E-state index in [1.54, 1.807) is 0 Å². The summed E-state index contributed by atoms with van der Waals surface area (Å²) in [6, 6.07) is 25.0. The zero-order valence-electron chi connectivity index (χ0n) is 20.5. The molecule has 3 aliphatic heterocycles. The molecule has 0 aromatic heterocycles. The molecule has 1 saturated carbocycles. The van der Waals surface area contributed by atoms with Crippen LogP contribution >= 0.6 is 0 Å². The first-order valence-corrected chi connectivity index (χ1v) is 12.9. The van der Waals surface area contributed by atoms with Gasteiger partial charge in [-0.25, -0.2) is 0 Å². The minimum atomic E-state index is -0.910. The van der Waals surface area contributed by atoms with Crippen LogP contribution < -0.4 is 10.6 Å². The Kier molecular flexibility index (Phi) is 5.22. The van der Waals surface area contributed by atoms with E-state index in [0.29, 0.717) is 6.54 Å². The molecule has 3 aromatic rings. The molecule has 4 fully saturated rings. The molecule has 1 aliphatic carbocycles. The SMILES string of the molecule is CC[C@@]12[C@H](C)[C@H]3C[C@@H](CN1Cc1cccc4ccccc14)[C@]2(C(=O)NCc1ccccc1)NC3=O. The number of benzene rings is 3. The van der Waals surface area contributed by atoms with Crippen LogP contribution in [0.1, 0.15) is 37.8 Å². The fraction of sp³-hybridized carbons (Fsp3) is 0.400. The van der Waals surface area contributed by atoms with Gasteiger partial charge in [0.2, 0.25) is 11.8 Å². The molecule has 3 saturated heterocycles. The van der Waals surface area contributed by atoms with Gasteiger partial charge < -0.3 is 10.6 Å². The third-order valence-electron chi connectivity index (χ3n) is 9.29. The predicted molar refractivity (Wildman–Crippen MR) is 137 cm³/mol. The topological polar surface area (TPSA) is 61.4 Å². The molecule has 0 spiro atoms. The standard InChI is InChI=1S/C30H33N3O2/c1-3-29-20(2)26-16-24(19-33(29)18-23-14-9-13-22-12-7-8-15-25(22)23)30(29,32-27(26)34)28(35)31-17-21-10-5-4-6-11-21/h4-15,20,24,26H,3,16-19H2,1-2H3,(H,31,35)(H,32,34)/t20-,24+,26-,29+,30-/m1/s1. The van der Waals surface area contributed by atoms with Crippen LogP contribution in [0.2, 0.25) is 0 Å². The lowest BCUT2D eigenvalue weighted by Crippen LogP contribution is -2.83. The Balaban J connectivity index is 1.40. The zero-order valence-corrected chi connectivity index (χ0v) is 20.5. The van der Waals surface area contributed by atoms with Gasteiger partial charge in [0, 0.05) is 31.5 Å². The molecule has 2 N–H and O–H groups in total. The van der Waals surface area contributed by atoms with Gasteiger partial charge >= 0.3 is 0 Å². The molecule has 4 bridgehead atoms. The number of hydrogen-bond acceptors (Lipinski definition) is 3. The maximum atomic E-state index is 14.1. The van der Waals surface area contributed by atoms with Gasteiger partial charge in [0.1, 0.15) is 5.54 Å². The highest BCUT2D eigenvalue weighted by Crippen LogP contribution is 2.61. The summed E-state index contributed by atoms with van der Waals surface area (Å²) in [6.07, 6.45) is 1.59. The van der Waals surface area contributed by atoms with Gasteiger partial charge in [-0.2, -0.15) is 0 Å². The van der Waals surface area contributed by atoms with E-state index in [1.165, 1.54) is 16.3 Å². The van der Waals surface area contributed by atoms with Crippen LogP contribution in [0.25, 0.3) is 10.8 Å². The maximum Gasteiger partial charge on any atom is 0.248 e. The third-order valence-corrected chi connectivity index (χ3v) is 9.29. The second-order valence-electron chi connectivity index (χ2n) is 10.6. The quantitative estimate of drug-likeness (QED) is 0.569. The van der Waals surface area contributed by atoms with Crippen molar-refractivity contribution in [3.8, 4) is 0 Å². The first kappa shape index (κ1) is 22.3. The fourth-order valence-corrected chi connectivity index (χ4v) is 7.76. The highest BCUT2D eigenvalue weighted by Gasteiger charge is 2.76. The van der Waals surface area contributed by atoms with Crippen molar-refractivity contribution in [3.05, 3.63) is 83.9 Å². The normalized spacial score (nSPS) is 31.5. The second kappa shape index (κ2) is 8.20. The van der Waals surface area contributed by atoms with E-state index < -0.39 is 11.1 Å². The van der Waals surface area contributed by atoms with Crippen molar-refractivity contribution < 1.29 is 9.59 Å². The number of rotatable bonds is 6. The van der Waals surface area contributed by atoms with Crippen molar-refractivity contribution in [2.45, 2.75) is 50.9 Å². The average molecular weight is 468 g/mol. The number of amides is 2. The van der Waals surface area contributed by atoms with E-state index in [1.807, 2.05) is 30.3 Å². The Hall–Kier alpha value is -3.18. The van der Waals surface area contributed by atoms with E-state index in [2.05, 4.69) is 71.8 Å². The van der Waals surface area contributed by atoms with Crippen molar-refractivity contribution in [3.63, 3.8) is 0 Å². The smallest absolute Gasteiger partial charge is 0.248 e. The van der Waals surface area contributed by atoms with Gasteiger partial charge in [-0.3, -0.25) is 14.5 Å². The van der Waals surface area contributed by atoms with E-state index >= 15 is 0 Å². The molecule has 7 rings (SSSR count). The molecule has 4 aliphatic rings. The molecular formula is C30H33N3O2. The van der Waals surface area contributed by atoms with Crippen LogP contribution in [0, 0.1) is 17.8 Å². The van der Waals surface area contributed by atoms with Crippen LogP contribution in [-0.2, 0) is 22.7 Å². The van der Waals surface area contributed by atoms with E-state index in [0.717, 1.165) is 31.5 Å². The number of carbonyl (C=O) groups is 2. The molecule has 35 heavy (non-hydrogen) atoms.